The molecule has 0 bridgehead atoms. The van der Waals surface area contributed by atoms with E-state index in [0.29, 0.717) is 0 Å². The van der Waals surface area contributed by atoms with Crippen molar-refractivity contribution in [3.8, 4) is 0 Å². The maximum atomic E-state index is 8.17. The van der Waals surface area contributed by atoms with Gasteiger partial charge in [0.05, 0.1) is 13.2 Å². The molecule has 0 saturated heterocycles. The third-order valence-corrected chi connectivity index (χ3v) is 0.421. The second kappa shape index (κ2) is 16.1. The average molecular weight is 175 g/mol. The van der Waals surface area contributed by atoms with Gasteiger partial charge in [0.15, 0.2) is 0 Å². The lowest BCUT2D eigenvalue weighted by atomic mass is 10.4. The molecule has 0 aliphatic heterocycles. The van der Waals surface area contributed by atoms with Crippen molar-refractivity contribution in [3.63, 3.8) is 0 Å². The predicted molar refractivity (Wildman–Crippen MR) is 40.2 cm³/mol. The Labute approximate surface area is 66.5 Å². The van der Waals surface area contributed by atoms with Crippen molar-refractivity contribution in [1.29, 1.82) is 0 Å². The van der Waals surface area contributed by atoms with Gasteiger partial charge in [0, 0.05) is 6.61 Å². The molecule has 0 heterocycles. The summed E-state index contributed by atoms with van der Waals surface area (Å²) < 4.78 is 0. The first kappa shape index (κ1) is 16.6. The van der Waals surface area contributed by atoms with Crippen molar-refractivity contribution in [2.24, 2.45) is 0 Å². The van der Waals surface area contributed by atoms with Gasteiger partial charge in [-0.05, 0) is 6.92 Å². The average Bonchev–Trinajstić information content (AvgIpc) is 1.88. The monoisotopic (exact) mass is 174 g/mol. The molecule has 66 valence electrons. The van der Waals surface area contributed by atoms with Gasteiger partial charge < -0.3 is 20.4 Å². The zero-order valence-corrected chi connectivity index (χ0v) is 6.71. The fourth-order valence-corrected chi connectivity index (χ4v) is 0.0577. The minimum absolute atomic E-state index is 0. The van der Waals surface area contributed by atoms with Gasteiger partial charge in [-0.15, -0.1) is 12.4 Å². The maximum absolute atomic E-state index is 8.17. The van der Waals surface area contributed by atoms with Crippen molar-refractivity contribution >= 4 is 12.4 Å². The molecule has 0 spiro atoms. The van der Waals surface area contributed by atoms with Gasteiger partial charge in [-0.25, -0.2) is 0 Å². The van der Waals surface area contributed by atoms with Crippen LogP contribution in [0.25, 0.3) is 0 Å². The quantitative estimate of drug-likeness (QED) is 0.422. The van der Waals surface area contributed by atoms with E-state index in [1.54, 1.807) is 6.92 Å². The number of halogens is 1. The summed E-state index contributed by atoms with van der Waals surface area (Å²) in [6.45, 7) is 1.20. The number of hydrogen-bond acceptors (Lipinski definition) is 4. The Morgan fingerprint density at radius 2 is 1.30 bits per heavy atom. The topological polar surface area (TPSA) is 80.9 Å². The summed E-state index contributed by atoms with van der Waals surface area (Å²) in [7, 11) is 0. The highest BCUT2D eigenvalue weighted by Gasteiger charge is 1.93. The third kappa shape index (κ3) is 24.2. The van der Waals surface area contributed by atoms with Crippen molar-refractivity contribution in [3.05, 3.63) is 0 Å². The lowest BCUT2D eigenvalue weighted by molar-refractivity contribution is 0.0450. The van der Waals surface area contributed by atoms with E-state index in [1.807, 2.05) is 0 Å². The van der Waals surface area contributed by atoms with E-state index in [1.165, 1.54) is 0 Å². The molecule has 0 radical (unpaired) electrons. The van der Waals surface area contributed by atoms with Crippen LogP contribution in [0.2, 0.25) is 0 Å². The third-order valence-electron chi connectivity index (χ3n) is 0.421. The van der Waals surface area contributed by atoms with Gasteiger partial charge >= 0.3 is 0 Å². The van der Waals surface area contributed by atoms with Crippen molar-refractivity contribution < 1.29 is 20.4 Å². The molecule has 0 aromatic rings. The minimum atomic E-state index is -0.954. The Kier molecular flexibility index (Phi) is 26.7. The summed E-state index contributed by atoms with van der Waals surface area (Å²) in [6, 6.07) is 0. The van der Waals surface area contributed by atoms with E-state index in [0.717, 1.165) is 0 Å². The fourth-order valence-electron chi connectivity index (χ4n) is 0.0577. The Balaban J connectivity index is -0.000000107. The van der Waals surface area contributed by atoms with Crippen LogP contribution in [0.15, 0.2) is 0 Å². The first-order valence-corrected chi connectivity index (χ1v) is 2.73. The number of aliphatic hydroxyl groups is 4. The first-order valence-electron chi connectivity index (χ1n) is 2.73. The van der Waals surface area contributed by atoms with Gasteiger partial charge in [0.1, 0.15) is 6.10 Å². The van der Waals surface area contributed by atoms with Crippen LogP contribution in [-0.2, 0) is 0 Å². The lowest BCUT2D eigenvalue weighted by Gasteiger charge is -1.96. The summed E-state index contributed by atoms with van der Waals surface area (Å²) in [6.07, 6.45) is -0.954. The summed E-state index contributed by atoms with van der Waals surface area (Å²) >= 11 is 0. The summed E-state index contributed by atoms with van der Waals surface area (Å²) in [5, 5.41) is 31.6. The fraction of sp³-hybridized carbons (Fsp3) is 1.00. The van der Waals surface area contributed by atoms with E-state index in [4.69, 9.17) is 20.4 Å². The van der Waals surface area contributed by atoms with E-state index in [-0.39, 0.29) is 32.2 Å². The molecule has 0 aromatic heterocycles. The van der Waals surface area contributed by atoms with Crippen LogP contribution in [0.3, 0.4) is 0 Å². The molecule has 4 N–H and O–H groups in total. The number of aliphatic hydroxyl groups excluding tert-OH is 4. The van der Waals surface area contributed by atoms with Crippen LogP contribution in [0.5, 0.6) is 0 Å². The van der Waals surface area contributed by atoms with E-state index in [9.17, 15) is 0 Å². The van der Waals surface area contributed by atoms with Gasteiger partial charge in [-0.3, -0.25) is 0 Å². The number of rotatable bonds is 2. The molecule has 5 heteroatoms. The molecule has 0 unspecified atom stereocenters. The van der Waals surface area contributed by atoms with Crippen LogP contribution < -0.4 is 0 Å². The zero-order valence-electron chi connectivity index (χ0n) is 5.90. The Morgan fingerprint density at radius 1 is 1.10 bits per heavy atom. The smallest absolute Gasteiger partial charge is 0.100 e. The summed E-state index contributed by atoms with van der Waals surface area (Å²) in [4.78, 5) is 0. The second-order valence-corrected chi connectivity index (χ2v) is 1.34. The highest BCUT2D eigenvalue weighted by Crippen LogP contribution is 1.71. The summed E-state index contributed by atoms with van der Waals surface area (Å²) in [5.41, 5.74) is 0. The van der Waals surface area contributed by atoms with Crippen molar-refractivity contribution in [2.75, 3.05) is 19.8 Å². The molecular weight excluding hydrogens is 160 g/mol. The molecule has 0 aromatic carbocycles. The highest BCUT2D eigenvalue weighted by molar-refractivity contribution is 5.85. The second-order valence-electron chi connectivity index (χ2n) is 1.34. The normalized spacial score (nSPS) is 7.80. The van der Waals surface area contributed by atoms with E-state index >= 15 is 0 Å². The maximum Gasteiger partial charge on any atom is 0.100 e. The van der Waals surface area contributed by atoms with Crippen LogP contribution in [-0.4, -0.2) is 46.4 Å². The van der Waals surface area contributed by atoms with Crippen LogP contribution in [0.1, 0.15) is 6.92 Å². The molecule has 10 heavy (non-hydrogen) atoms. The van der Waals surface area contributed by atoms with Crippen LogP contribution >= 0.6 is 12.4 Å². The molecular formula is C5H15ClO4. The molecule has 0 atom stereocenters. The zero-order chi connectivity index (χ0) is 7.70. The van der Waals surface area contributed by atoms with Crippen LogP contribution in [0, 0.1) is 0 Å². The van der Waals surface area contributed by atoms with E-state index in [2.05, 4.69) is 0 Å². The molecule has 0 aliphatic rings. The Bertz CT molecular complexity index is 40.6. The SMILES string of the molecule is CCO.Cl.OCC(O)CO. The van der Waals surface area contributed by atoms with Gasteiger partial charge in [-0.1, -0.05) is 0 Å². The molecule has 0 amide bonds. The molecule has 0 saturated carbocycles. The lowest BCUT2D eigenvalue weighted by Crippen LogP contribution is -2.15. The summed E-state index contributed by atoms with van der Waals surface area (Å²) in [5.74, 6) is 0. The van der Waals surface area contributed by atoms with Gasteiger partial charge in [0.2, 0.25) is 0 Å². The molecule has 0 aliphatic carbocycles. The Morgan fingerprint density at radius 3 is 1.30 bits per heavy atom. The number of hydrogen-bond donors (Lipinski definition) is 4. The molecule has 0 rings (SSSR count). The first-order chi connectivity index (χ1) is 4.22. The van der Waals surface area contributed by atoms with Gasteiger partial charge in [-0.2, -0.15) is 0 Å². The molecule has 0 fully saturated rings. The van der Waals surface area contributed by atoms with E-state index < -0.39 is 6.10 Å². The van der Waals surface area contributed by atoms with Crippen molar-refractivity contribution in [2.45, 2.75) is 13.0 Å². The van der Waals surface area contributed by atoms with Crippen molar-refractivity contribution in [1.82, 2.24) is 0 Å². The predicted octanol–water partition coefficient (Wildman–Crippen LogP) is -1.25. The largest absolute Gasteiger partial charge is 0.397 e. The standard InChI is InChI=1S/C3H8O3.C2H6O.ClH/c4-1-3(6)2-5;1-2-3;/h3-6H,1-2H2;3H,2H2,1H3;1H. The Hall–Kier alpha value is 0.130. The highest BCUT2D eigenvalue weighted by atomic mass is 35.5. The molecule has 4 nitrogen and oxygen atoms in total. The van der Waals surface area contributed by atoms with Crippen LogP contribution in [0.4, 0.5) is 0 Å². The van der Waals surface area contributed by atoms with Gasteiger partial charge in [0.25, 0.3) is 0 Å². The minimum Gasteiger partial charge on any atom is -0.397 e.